The predicted molar refractivity (Wildman–Crippen MR) is 117 cm³/mol. The van der Waals surface area contributed by atoms with E-state index < -0.39 is 15.3 Å². The first-order valence-electron chi connectivity index (χ1n) is 8.53. The van der Waals surface area contributed by atoms with Gasteiger partial charge in [0, 0.05) is 33.4 Å². The van der Waals surface area contributed by atoms with Crippen molar-refractivity contribution < 1.29 is 21.6 Å². The summed E-state index contributed by atoms with van der Waals surface area (Å²) in [6.07, 6.45) is 1.32. The third-order valence-corrected chi connectivity index (χ3v) is 8.70. The van der Waals surface area contributed by atoms with E-state index in [1.165, 1.54) is 23.6 Å². The number of hydrogen-bond acceptors (Lipinski definition) is 6. The van der Waals surface area contributed by atoms with Gasteiger partial charge in [0.05, 0.1) is 32.8 Å². The van der Waals surface area contributed by atoms with Gasteiger partial charge in [0.15, 0.2) is 15.7 Å². The zero-order valence-electron chi connectivity index (χ0n) is 15.5. The average Bonchev–Trinajstić information content (AvgIpc) is 3.18. The molecule has 4 aromatic rings. The lowest BCUT2D eigenvalue weighted by Crippen LogP contribution is -2.05. The van der Waals surface area contributed by atoms with Crippen LogP contribution in [0.25, 0.3) is 31.8 Å². The Labute approximate surface area is 186 Å². The lowest BCUT2D eigenvalue weighted by Gasteiger charge is -2.05. The van der Waals surface area contributed by atoms with Gasteiger partial charge in [-0.05, 0) is 18.2 Å². The Morgan fingerprint density at radius 1 is 1.27 bits per heavy atom. The minimum atomic E-state index is -4.46. The van der Waals surface area contributed by atoms with Gasteiger partial charge in [-0.15, -0.1) is 11.3 Å². The Balaban J connectivity index is 1.98. The molecule has 1 aromatic carbocycles. The molecule has 0 saturated heterocycles. The van der Waals surface area contributed by atoms with E-state index in [0.717, 1.165) is 9.17 Å². The third kappa shape index (κ3) is 3.85. The van der Waals surface area contributed by atoms with E-state index in [2.05, 4.69) is 25.9 Å². The molecule has 0 radical (unpaired) electrons. The van der Waals surface area contributed by atoms with E-state index in [-0.39, 0.29) is 27.4 Å². The number of thiophene rings is 1. The van der Waals surface area contributed by atoms with Crippen molar-refractivity contribution >= 4 is 70.0 Å². The minimum Gasteiger partial charge on any atom is -0.325 e. The van der Waals surface area contributed by atoms with Gasteiger partial charge in [-0.1, -0.05) is 28.9 Å². The molecule has 3 aromatic heterocycles. The van der Waals surface area contributed by atoms with Crippen LogP contribution in [-0.2, 0) is 16.9 Å². The smallest absolute Gasteiger partial charge is 0.325 e. The molecule has 0 aliphatic carbocycles. The molecule has 0 amide bonds. The molecular weight excluding hydrogens is 523 g/mol. The summed E-state index contributed by atoms with van der Waals surface area (Å²) in [6, 6.07) is 6.60. The summed E-state index contributed by atoms with van der Waals surface area (Å²) in [5.41, 5.74) is -3.64. The highest BCUT2D eigenvalue weighted by molar-refractivity contribution is 9.10. The van der Waals surface area contributed by atoms with Crippen LogP contribution in [0.5, 0.6) is 0 Å². The predicted octanol–water partition coefficient (Wildman–Crippen LogP) is 6.02. The summed E-state index contributed by atoms with van der Waals surface area (Å²) < 4.78 is 67.1. The molecule has 30 heavy (non-hydrogen) atoms. The van der Waals surface area contributed by atoms with Crippen LogP contribution in [0.3, 0.4) is 0 Å². The summed E-state index contributed by atoms with van der Waals surface area (Å²) in [7, 11) is -1.90. The quantitative estimate of drug-likeness (QED) is 0.299. The van der Waals surface area contributed by atoms with E-state index >= 15 is 0 Å². The summed E-state index contributed by atoms with van der Waals surface area (Å²) in [5, 5.41) is 0.375. The second-order valence-corrected chi connectivity index (χ2v) is 11.6. The summed E-state index contributed by atoms with van der Waals surface area (Å²) in [5.74, 6) is 0.282. The molecule has 5 nitrogen and oxygen atoms in total. The second-order valence-electron chi connectivity index (χ2n) is 6.36. The second kappa shape index (κ2) is 7.50. The van der Waals surface area contributed by atoms with Crippen molar-refractivity contribution in [2.45, 2.75) is 22.4 Å². The van der Waals surface area contributed by atoms with Crippen molar-refractivity contribution in [1.29, 1.82) is 0 Å². The fourth-order valence-electron chi connectivity index (χ4n) is 3.09. The van der Waals surface area contributed by atoms with E-state index in [0.29, 0.717) is 27.1 Å². The molecule has 0 fully saturated rings. The number of alkyl halides is 3. The van der Waals surface area contributed by atoms with Gasteiger partial charge >= 0.3 is 5.51 Å². The largest absolute Gasteiger partial charge is 0.447 e. The normalized spacial score (nSPS) is 12.9. The zero-order chi connectivity index (χ0) is 21.8. The molecule has 158 valence electrons. The van der Waals surface area contributed by atoms with Crippen molar-refractivity contribution in [1.82, 2.24) is 14.5 Å². The maximum atomic E-state index is 12.9. The number of aryl methyl sites for hydroxylation is 1. The van der Waals surface area contributed by atoms with Crippen LogP contribution in [0.4, 0.5) is 13.2 Å². The fraction of sp³-hybridized carbons (Fsp3) is 0.222. The number of aromatic nitrogens is 3. The molecule has 0 aliphatic heterocycles. The van der Waals surface area contributed by atoms with Crippen LogP contribution >= 0.6 is 39.0 Å². The maximum absolute atomic E-state index is 12.9. The molecule has 0 saturated carbocycles. The number of thioether (sulfide) groups is 1. The van der Waals surface area contributed by atoms with Crippen molar-refractivity contribution in [2.24, 2.45) is 7.05 Å². The van der Waals surface area contributed by atoms with Gasteiger partial charge < -0.3 is 4.57 Å². The van der Waals surface area contributed by atoms with Crippen molar-refractivity contribution in [3.8, 4) is 10.7 Å². The molecule has 3 heterocycles. The lowest BCUT2D eigenvalue weighted by atomic mass is 10.2. The Bertz CT molecular complexity index is 1390. The number of halogens is 4. The topological polar surface area (TPSA) is 64.8 Å². The molecule has 0 unspecified atom stereocenters. The minimum absolute atomic E-state index is 0.0836. The zero-order valence-corrected chi connectivity index (χ0v) is 19.5. The van der Waals surface area contributed by atoms with Gasteiger partial charge in [-0.2, -0.15) is 13.2 Å². The molecule has 12 heteroatoms. The molecular formula is C18H13BrF3N3O2S3. The fourth-order valence-corrected chi connectivity index (χ4v) is 7.03. The van der Waals surface area contributed by atoms with E-state index in [1.807, 2.05) is 6.07 Å². The van der Waals surface area contributed by atoms with E-state index in [4.69, 9.17) is 0 Å². The molecule has 0 N–H and O–H groups in total. The average molecular weight is 536 g/mol. The SMILES string of the molecule is CCS(=O)(=O)c1c(-c2nc3cc(SC(F)(F)F)ncc3n2C)sc2cc(Br)ccc12. The van der Waals surface area contributed by atoms with E-state index in [9.17, 15) is 21.6 Å². The first kappa shape index (κ1) is 21.6. The van der Waals surface area contributed by atoms with Crippen molar-refractivity contribution in [3.63, 3.8) is 0 Å². The lowest BCUT2D eigenvalue weighted by molar-refractivity contribution is -0.0329. The molecule has 0 spiro atoms. The third-order valence-electron chi connectivity index (χ3n) is 4.46. The van der Waals surface area contributed by atoms with Crippen LogP contribution in [0.2, 0.25) is 0 Å². The highest BCUT2D eigenvalue weighted by Gasteiger charge is 2.31. The summed E-state index contributed by atoms with van der Waals surface area (Å²) in [6.45, 7) is 1.57. The molecule has 0 bridgehead atoms. The molecule has 0 atom stereocenters. The number of imidazole rings is 1. The first-order chi connectivity index (χ1) is 14.0. The first-order valence-corrected chi connectivity index (χ1v) is 12.6. The maximum Gasteiger partial charge on any atom is 0.447 e. The molecule has 4 rings (SSSR count). The van der Waals surface area contributed by atoms with E-state index in [1.54, 1.807) is 30.7 Å². The number of rotatable bonds is 4. The Morgan fingerprint density at radius 3 is 2.67 bits per heavy atom. The van der Waals surface area contributed by atoms with Gasteiger partial charge in [0.25, 0.3) is 0 Å². The Kier molecular flexibility index (Phi) is 5.40. The number of hydrogen-bond donors (Lipinski definition) is 0. The highest BCUT2D eigenvalue weighted by atomic mass is 79.9. The van der Waals surface area contributed by atoms with Crippen LogP contribution < -0.4 is 0 Å². The Hall–Kier alpha value is -1.63. The standard InChI is InChI=1S/C18H13BrF3N3O2S3/c1-3-30(26,27)16-10-5-4-9(19)6-13(10)28-15(16)17-24-11-7-14(29-18(20,21)22)23-8-12(11)25(17)2/h4-8H,3H2,1-2H3. The molecule has 0 aliphatic rings. The van der Waals surface area contributed by atoms with Gasteiger partial charge in [-0.25, -0.2) is 18.4 Å². The number of fused-ring (bicyclic) bond motifs is 2. The van der Waals surface area contributed by atoms with Gasteiger partial charge in [-0.3, -0.25) is 0 Å². The van der Waals surface area contributed by atoms with Crippen molar-refractivity contribution in [2.75, 3.05) is 5.75 Å². The van der Waals surface area contributed by atoms with Gasteiger partial charge in [0.2, 0.25) is 0 Å². The van der Waals surface area contributed by atoms with Crippen LogP contribution in [-0.4, -0.2) is 34.2 Å². The number of pyridine rings is 1. The summed E-state index contributed by atoms with van der Waals surface area (Å²) in [4.78, 5) is 8.98. The highest BCUT2D eigenvalue weighted by Crippen LogP contribution is 2.43. The summed E-state index contributed by atoms with van der Waals surface area (Å²) >= 11 is 4.36. The van der Waals surface area contributed by atoms with Crippen LogP contribution in [0.1, 0.15) is 6.92 Å². The van der Waals surface area contributed by atoms with Crippen LogP contribution in [0.15, 0.2) is 44.9 Å². The Morgan fingerprint density at radius 2 is 2.00 bits per heavy atom. The van der Waals surface area contributed by atoms with Crippen LogP contribution in [0, 0.1) is 0 Å². The van der Waals surface area contributed by atoms with Crippen molar-refractivity contribution in [3.05, 3.63) is 34.9 Å². The van der Waals surface area contributed by atoms with Gasteiger partial charge in [0.1, 0.15) is 5.03 Å². The monoisotopic (exact) mass is 535 g/mol. The number of nitrogens with zero attached hydrogens (tertiary/aromatic N) is 3. The number of sulfone groups is 1. The number of benzene rings is 1.